The van der Waals surface area contributed by atoms with Gasteiger partial charge in [0.25, 0.3) is 0 Å². The molecular weight excluding hydrogens is 206 g/mol. The van der Waals surface area contributed by atoms with Crippen molar-refractivity contribution in [1.29, 1.82) is 0 Å². The molecule has 15 heavy (non-hydrogen) atoms. The van der Waals surface area contributed by atoms with E-state index in [9.17, 15) is 0 Å². The quantitative estimate of drug-likeness (QED) is 0.826. The molecular formula is C11H19N3S. The van der Waals surface area contributed by atoms with Crippen LogP contribution in [-0.4, -0.2) is 18.1 Å². The van der Waals surface area contributed by atoms with Crippen LogP contribution in [0.15, 0.2) is 5.38 Å². The lowest BCUT2D eigenvalue weighted by Crippen LogP contribution is -2.24. The van der Waals surface area contributed by atoms with E-state index in [2.05, 4.69) is 15.7 Å². The number of nitrogens with one attached hydrogen (secondary N) is 1. The molecule has 0 radical (unpaired) electrons. The summed E-state index contributed by atoms with van der Waals surface area (Å²) in [5, 5.41) is 6.56. The first-order chi connectivity index (χ1) is 7.29. The van der Waals surface area contributed by atoms with Gasteiger partial charge in [0.2, 0.25) is 0 Å². The van der Waals surface area contributed by atoms with Crippen molar-refractivity contribution in [2.45, 2.75) is 26.2 Å². The molecule has 1 aromatic heterocycles. The van der Waals surface area contributed by atoms with Gasteiger partial charge in [-0.2, -0.15) is 0 Å². The first-order valence-electron chi connectivity index (χ1n) is 5.65. The maximum Gasteiger partial charge on any atom is 0.182 e. The summed E-state index contributed by atoms with van der Waals surface area (Å²) in [7, 11) is 0. The smallest absolute Gasteiger partial charge is 0.182 e. The number of aromatic nitrogens is 1. The van der Waals surface area contributed by atoms with Crippen molar-refractivity contribution < 1.29 is 0 Å². The second kappa shape index (κ2) is 4.94. The Kier molecular flexibility index (Phi) is 3.59. The van der Waals surface area contributed by atoms with Gasteiger partial charge in [-0.15, -0.1) is 11.3 Å². The van der Waals surface area contributed by atoms with Gasteiger partial charge in [-0.05, 0) is 38.1 Å². The van der Waals surface area contributed by atoms with Crippen molar-refractivity contribution in [2.24, 2.45) is 17.6 Å². The monoisotopic (exact) mass is 225 g/mol. The van der Waals surface area contributed by atoms with Crippen LogP contribution in [0.1, 0.15) is 25.0 Å². The van der Waals surface area contributed by atoms with Crippen molar-refractivity contribution >= 4 is 16.5 Å². The van der Waals surface area contributed by atoms with Crippen LogP contribution in [0, 0.1) is 18.8 Å². The summed E-state index contributed by atoms with van der Waals surface area (Å²) < 4.78 is 0. The van der Waals surface area contributed by atoms with E-state index in [4.69, 9.17) is 5.73 Å². The number of thiazole rings is 1. The molecule has 0 amide bonds. The molecule has 4 heteroatoms. The molecule has 0 bridgehead atoms. The first-order valence-corrected chi connectivity index (χ1v) is 6.53. The molecule has 2 rings (SSSR count). The molecule has 1 aliphatic carbocycles. The van der Waals surface area contributed by atoms with Gasteiger partial charge < -0.3 is 11.1 Å². The highest BCUT2D eigenvalue weighted by molar-refractivity contribution is 7.13. The molecule has 1 aliphatic rings. The Morgan fingerprint density at radius 3 is 3.00 bits per heavy atom. The lowest BCUT2D eigenvalue weighted by atomic mass is 9.96. The van der Waals surface area contributed by atoms with Gasteiger partial charge in [-0.1, -0.05) is 6.42 Å². The Balaban J connectivity index is 1.82. The van der Waals surface area contributed by atoms with Crippen molar-refractivity contribution in [2.75, 3.05) is 18.4 Å². The Labute approximate surface area is 95.1 Å². The molecule has 0 spiro atoms. The van der Waals surface area contributed by atoms with Gasteiger partial charge in [0.05, 0.1) is 5.69 Å². The molecule has 1 aromatic rings. The predicted octanol–water partition coefficient (Wildman–Crippen LogP) is 2.24. The van der Waals surface area contributed by atoms with Gasteiger partial charge in [0.15, 0.2) is 5.13 Å². The van der Waals surface area contributed by atoms with E-state index in [0.29, 0.717) is 0 Å². The van der Waals surface area contributed by atoms with E-state index < -0.39 is 0 Å². The molecule has 0 saturated heterocycles. The number of aryl methyl sites for hydroxylation is 1. The maximum atomic E-state index is 5.76. The summed E-state index contributed by atoms with van der Waals surface area (Å²) in [4.78, 5) is 4.40. The topological polar surface area (TPSA) is 50.9 Å². The van der Waals surface area contributed by atoms with Gasteiger partial charge in [0.1, 0.15) is 0 Å². The van der Waals surface area contributed by atoms with Crippen LogP contribution >= 0.6 is 11.3 Å². The Morgan fingerprint density at radius 2 is 2.33 bits per heavy atom. The minimum absolute atomic E-state index is 0.721. The van der Waals surface area contributed by atoms with Crippen LogP contribution in [0.25, 0.3) is 0 Å². The third kappa shape index (κ3) is 2.69. The highest BCUT2D eigenvalue weighted by Gasteiger charge is 2.25. The number of hydrogen-bond acceptors (Lipinski definition) is 4. The van der Waals surface area contributed by atoms with Gasteiger partial charge in [0, 0.05) is 11.9 Å². The number of nitrogens with two attached hydrogens (primary N) is 1. The summed E-state index contributed by atoms with van der Waals surface area (Å²) in [6, 6.07) is 0. The van der Waals surface area contributed by atoms with Crippen LogP contribution in [0.2, 0.25) is 0 Å². The third-order valence-corrected chi connectivity index (χ3v) is 4.17. The van der Waals surface area contributed by atoms with Gasteiger partial charge in [-0.3, -0.25) is 0 Å². The molecule has 0 aromatic carbocycles. The summed E-state index contributed by atoms with van der Waals surface area (Å²) in [5.41, 5.74) is 6.86. The molecule has 1 heterocycles. The van der Waals surface area contributed by atoms with Crippen molar-refractivity contribution in [1.82, 2.24) is 4.98 Å². The fourth-order valence-electron chi connectivity index (χ4n) is 2.35. The van der Waals surface area contributed by atoms with Crippen molar-refractivity contribution in [3.63, 3.8) is 0 Å². The molecule has 2 atom stereocenters. The van der Waals surface area contributed by atoms with Gasteiger partial charge >= 0.3 is 0 Å². The summed E-state index contributed by atoms with van der Waals surface area (Å²) >= 11 is 1.69. The van der Waals surface area contributed by atoms with E-state index in [0.717, 1.165) is 35.8 Å². The number of hydrogen-bond donors (Lipinski definition) is 2. The van der Waals surface area contributed by atoms with E-state index in [1.807, 2.05) is 6.92 Å². The van der Waals surface area contributed by atoms with Crippen LogP contribution in [0.4, 0.5) is 5.13 Å². The molecule has 3 N–H and O–H groups in total. The highest BCUT2D eigenvalue weighted by atomic mass is 32.1. The first kappa shape index (κ1) is 10.9. The SMILES string of the molecule is Cc1csc(NCC2CCCC2CN)n1. The zero-order valence-electron chi connectivity index (χ0n) is 9.20. The summed E-state index contributed by atoms with van der Waals surface area (Å²) in [6.07, 6.45) is 3.96. The largest absolute Gasteiger partial charge is 0.361 e. The standard InChI is InChI=1S/C11H19N3S/c1-8-7-15-11(14-8)13-6-10-4-2-3-9(10)5-12/h7,9-10H,2-6,12H2,1H3,(H,13,14). The Hall–Kier alpha value is -0.610. The van der Waals surface area contributed by atoms with Crippen LogP contribution in [0.5, 0.6) is 0 Å². The normalized spacial score (nSPS) is 25.7. The Morgan fingerprint density at radius 1 is 1.53 bits per heavy atom. The second-order valence-corrected chi connectivity index (χ2v) is 5.22. The molecule has 0 aliphatic heterocycles. The van der Waals surface area contributed by atoms with Crippen molar-refractivity contribution in [3.05, 3.63) is 11.1 Å². The lowest BCUT2D eigenvalue weighted by Gasteiger charge is -2.17. The van der Waals surface area contributed by atoms with Crippen LogP contribution in [0.3, 0.4) is 0 Å². The van der Waals surface area contributed by atoms with E-state index in [1.165, 1.54) is 19.3 Å². The number of rotatable bonds is 4. The average Bonchev–Trinajstić information content (AvgIpc) is 2.83. The second-order valence-electron chi connectivity index (χ2n) is 4.36. The van der Waals surface area contributed by atoms with Crippen LogP contribution < -0.4 is 11.1 Å². The van der Waals surface area contributed by atoms with Gasteiger partial charge in [-0.25, -0.2) is 4.98 Å². The number of nitrogens with zero attached hydrogens (tertiary/aromatic N) is 1. The zero-order valence-corrected chi connectivity index (χ0v) is 10.0. The van der Waals surface area contributed by atoms with Crippen LogP contribution in [-0.2, 0) is 0 Å². The lowest BCUT2D eigenvalue weighted by molar-refractivity contribution is 0.414. The zero-order chi connectivity index (χ0) is 10.7. The minimum Gasteiger partial charge on any atom is -0.361 e. The fraction of sp³-hybridized carbons (Fsp3) is 0.727. The summed E-state index contributed by atoms with van der Waals surface area (Å²) in [5.74, 6) is 1.47. The molecule has 1 saturated carbocycles. The average molecular weight is 225 g/mol. The third-order valence-electron chi connectivity index (χ3n) is 3.25. The maximum absolute atomic E-state index is 5.76. The molecule has 1 fully saturated rings. The van der Waals surface area contributed by atoms with E-state index in [1.54, 1.807) is 11.3 Å². The highest BCUT2D eigenvalue weighted by Crippen LogP contribution is 2.31. The minimum atomic E-state index is 0.721. The molecule has 84 valence electrons. The molecule has 3 nitrogen and oxygen atoms in total. The fourth-order valence-corrected chi connectivity index (χ4v) is 3.04. The molecule has 2 unspecified atom stereocenters. The number of anilines is 1. The van der Waals surface area contributed by atoms with Crippen molar-refractivity contribution in [3.8, 4) is 0 Å². The Bertz CT molecular complexity index is 311. The summed E-state index contributed by atoms with van der Waals surface area (Å²) in [6.45, 7) is 3.90. The van der Waals surface area contributed by atoms with E-state index in [-0.39, 0.29) is 0 Å². The van der Waals surface area contributed by atoms with E-state index >= 15 is 0 Å². The predicted molar refractivity (Wildman–Crippen MR) is 65.2 cm³/mol.